The Morgan fingerprint density at radius 1 is 1.33 bits per heavy atom. The molecule has 5 heteroatoms. The van der Waals surface area contributed by atoms with Gasteiger partial charge in [0.25, 0.3) is 6.43 Å². The van der Waals surface area contributed by atoms with Gasteiger partial charge < -0.3 is 9.47 Å². The van der Waals surface area contributed by atoms with Crippen LogP contribution in [0.25, 0.3) is 0 Å². The van der Waals surface area contributed by atoms with E-state index >= 15 is 0 Å². The van der Waals surface area contributed by atoms with Crippen molar-refractivity contribution >= 4 is 5.78 Å². The van der Waals surface area contributed by atoms with Crippen molar-refractivity contribution in [3.8, 4) is 0 Å². The number of halogens is 2. The summed E-state index contributed by atoms with van der Waals surface area (Å²) in [4.78, 5) is 11.4. The molecule has 1 atom stereocenters. The van der Waals surface area contributed by atoms with Gasteiger partial charge in [0.2, 0.25) is 0 Å². The topological polar surface area (TPSA) is 35.5 Å². The lowest BCUT2D eigenvalue weighted by Gasteiger charge is -2.09. The molecule has 3 nitrogen and oxygen atoms in total. The number of ether oxygens (including phenoxy) is 2. The third-order valence-corrected chi connectivity index (χ3v) is 2.04. The van der Waals surface area contributed by atoms with E-state index in [-0.39, 0.29) is 24.7 Å². The highest BCUT2D eigenvalue weighted by atomic mass is 19.3. The van der Waals surface area contributed by atoms with Gasteiger partial charge in [-0.1, -0.05) is 6.92 Å². The Hall–Kier alpha value is -0.550. The van der Waals surface area contributed by atoms with Crippen molar-refractivity contribution in [2.24, 2.45) is 5.92 Å². The average molecular weight is 224 g/mol. The molecular formula is C10H18F2O3. The summed E-state index contributed by atoms with van der Waals surface area (Å²) in [5.41, 5.74) is 0. The first-order valence-corrected chi connectivity index (χ1v) is 4.95. The summed E-state index contributed by atoms with van der Waals surface area (Å²) in [6.07, 6.45) is -1.62. The van der Waals surface area contributed by atoms with Gasteiger partial charge in [0, 0.05) is 26.1 Å². The molecule has 0 amide bonds. The van der Waals surface area contributed by atoms with Crippen LogP contribution in [0.15, 0.2) is 0 Å². The number of Topliss-reactive ketones (excluding diaryl/α,β-unsaturated/α-hetero) is 1. The van der Waals surface area contributed by atoms with E-state index in [1.165, 1.54) is 0 Å². The second-order valence-corrected chi connectivity index (χ2v) is 3.36. The van der Waals surface area contributed by atoms with Gasteiger partial charge in [0.05, 0.1) is 6.61 Å². The molecular weight excluding hydrogens is 206 g/mol. The summed E-state index contributed by atoms with van der Waals surface area (Å²) in [5, 5.41) is 0. The van der Waals surface area contributed by atoms with Crippen LogP contribution in [0, 0.1) is 5.92 Å². The molecule has 15 heavy (non-hydrogen) atoms. The molecule has 0 heterocycles. The van der Waals surface area contributed by atoms with E-state index in [0.717, 1.165) is 0 Å². The van der Waals surface area contributed by atoms with Gasteiger partial charge in [-0.05, 0) is 6.42 Å². The lowest BCUT2D eigenvalue weighted by atomic mass is 10.0. The van der Waals surface area contributed by atoms with Crippen LogP contribution in [0.4, 0.5) is 8.78 Å². The molecule has 0 aliphatic heterocycles. The molecule has 0 aromatic rings. The lowest BCUT2D eigenvalue weighted by Crippen LogP contribution is -2.16. The van der Waals surface area contributed by atoms with E-state index in [4.69, 9.17) is 4.74 Å². The van der Waals surface area contributed by atoms with Crippen molar-refractivity contribution in [1.82, 2.24) is 0 Å². The quantitative estimate of drug-likeness (QED) is 0.561. The normalized spacial score (nSPS) is 13.1. The maximum absolute atomic E-state index is 11.7. The highest BCUT2D eigenvalue weighted by molar-refractivity contribution is 5.80. The second-order valence-electron chi connectivity index (χ2n) is 3.36. The Labute approximate surface area is 88.7 Å². The second kappa shape index (κ2) is 8.73. The van der Waals surface area contributed by atoms with E-state index < -0.39 is 13.0 Å². The molecule has 0 radical (unpaired) electrons. The summed E-state index contributed by atoms with van der Waals surface area (Å²) in [6.45, 7) is 1.81. The number of hydrogen-bond acceptors (Lipinski definition) is 3. The molecule has 0 rings (SSSR count). The van der Waals surface area contributed by atoms with Crippen LogP contribution in [-0.2, 0) is 14.3 Å². The number of methoxy groups -OCH3 is 1. The maximum Gasteiger partial charge on any atom is 0.261 e. The minimum Gasteiger partial charge on any atom is -0.385 e. The van der Waals surface area contributed by atoms with E-state index in [1.807, 2.05) is 0 Å². The first-order valence-electron chi connectivity index (χ1n) is 4.95. The van der Waals surface area contributed by atoms with Crippen LogP contribution in [0.2, 0.25) is 0 Å². The number of ketones is 1. The first-order chi connectivity index (χ1) is 7.07. The van der Waals surface area contributed by atoms with Crippen LogP contribution in [0.1, 0.15) is 19.8 Å². The standard InChI is InChI=1S/C10H18F2O3/c1-8(3-5-14-2)9(13)4-6-15-7-10(11)12/h8,10H,3-7H2,1-2H3. The van der Waals surface area contributed by atoms with Gasteiger partial charge in [-0.15, -0.1) is 0 Å². The minimum atomic E-state index is -2.47. The Kier molecular flexibility index (Phi) is 8.41. The van der Waals surface area contributed by atoms with Crippen molar-refractivity contribution in [3.05, 3.63) is 0 Å². The zero-order valence-corrected chi connectivity index (χ0v) is 9.17. The average Bonchev–Trinajstić information content (AvgIpc) is 2.20. The molecule has 0 spiro atoms. The van der Waals surface area contributed by atoms with Crippen LogP contribution >= 0.6 is 0 Å². The van der Waals surface area contributed by atoms with E-state index in [1.54, 1.807) is 14.0 Å². The Balaban J connectivity index is 3.47. The predicted molar refractivity (Wildman–Crippen MR) is 52.1 cm³/mol. The number of carbonyl (C=O) groups excluding carboxylic acids is 1. The van der Waals surface area contributed by atoms with Gasteiger partial charge in [-0.25, -0.2) is 8.78 Å². The van der Waals surface area contributed by atoms with Crippen molar-refractivity contribution in [1.29, 1.82) is 0 Å². The van der Waals surface area contributed by atoms with Gasteiger partial charge in [-0.2, -0.15) is 0 Å². The van der Waals surface area contributed by atoms with Crippen LogP contribution in [0.5, 0.6) is 0 Å². The van der Waals surface area contributed by atoms with Gasteiger partial charge in [-0.3, -0.25) is 4.79 Å². The fourth-order valence-electron chi connectivity index (χ4n) is 1.05. The largest absolute Gasteiger partial charge is 0.385 e. The molecule has 1 unspecified atom stereocenters. The number of hydrogen-bond donors (Lipinski definition) is 0. The van der Waals surface area contributed by atoms with Crippen molar-refractivity contribution in [2.75, 3.05) is 26.9 Å². The zero-order valence-electron chi connectivity index (χ0n) is 9.17. The van der Waals surface area contributed by atoms with E-state index in [2.05, 4.69) is 4.74 Å². The molecule has 0 aromatic carbocycles. The zero-order chi connectivity index (χ0) is 11.7. The maximum atomic E-state index is 11.7. The minimum absolute atomic E-state index is 0.0290. The lowest BCUT2D eigenvalue weighted by molar-refractivity contribution is -0.124. The summed E-state index contributed by atoms with van der Waals surface area (Å²) >= 11 is 0. The van der Waals surface area contributed by atoms with Gasteiger partial charge in [0.1, 0.15) is 12.4 Å². The van der Waals surface area contributed by atoms with Crippen LogP contribution in [0.3, 0.4) is 0 Å². The SMILES string of the molecule is COCCC(C)C(=O)CCOCC(F)F. The van der Waals surface area contributed by atoms with Crippen molar-refractivity contribution < 1.29 is 23.0 Å². The Morgan fingerprint density at radius 3 is 2.53 bits per heavy atom. The molecule has 0 fully saturated rings. The smallest absolute Gasteiger partial charge is 0.261 e. The van der Waals surface area contributed by atoms with Crippen molar-refractivity contribution in [3.63, 3.8) is 0 Å². The van der Waals surface area contributed by atoms with E-state index in [9.17, 15) is 13.6 Å². The Bertz CT molecular complexity index is 174. The number of rotatable bonds is 9. The summed E-state index contributed by atoms with van der Waals surface area (Å²) in [7, 11) is 1.57. The molecule has 0 N–H and O–H groups in total. The van der Waals surface area contributed by atoms with Crippen LogP contribution in [-0.4, -0.2) is 39.1 Å². The van der Waals surface area contributed by atoms with E-state index in [0.29, 0.717) is 13.0 Å². The summed E-state index contributed by atoms with van der Waals surface area (Å²) < 4.78 is 32.8. The fraction of sp³-hybridized carbons (Fsp3) is 0.900. The fourth-order valence-corrected chi connectivity index (χ4v) is 1.05. The highest BCUT2D eigenvalue weighted by Crippen LogP contribution is 2.06. The Morgan fingerprint density at radius 2 is 2.00 bits per heavy atom. The molecule has 90 valence electrons. The molecule has 0 saturated carbocycles. The monoisotopic (exact) mass is 224 g/mol. The summed E-state index contributed by atoms with van der Waals surface area (Å²) in [6, 6.07) is 0. The first kappa shape index (κ1) is 14.5. The van der Waals surface area contributed by atoms with Crippen molar-refractivity contribution in [2.45, 2.75) is 26.2 Å². The number of carbonyl (C=O) groups is 1. The molecule has 0 aliphatic rings. The third kappa shape index (κ3) is 8.44. The van der Waals surface area contributed by atoms with Gasteiger partial charge in [0.15, 0.2) is 0 Å². The summed E-state index contributed by atoms with van der Waals surface area (Å²) in [5.74, 6) is -0.0681. The number of alkyl halides is 2. The molecule has 0 aromatic heterocycles. The molecule has 0 saturated heterocycles. The predicted octanol–water partition coefficient (Wildman–Crippen LogP) is 1.90. The highest BCUT2D eigenvalue weighted by Gasteiger charge is 2.12. The van der Waals surface area contributed by atoms with Gasteiger partial charge >= 0.3 is 0 Å². The molecule has 0 aliphatic carbocycles. The van der Waals surface area contributed by atoms with Crippen LogP contribution < -0.4 is 0 Å². The third-order valence-electron chi connectivity index (χ3n) is 2.04. The molecule has 0 bridgehead atoms.